The Morgan fingerprint density at radius 1 is 1.05 bits per heavy atom. The molecule has 2 N–H and O–H groups in total. The Balaban J connectivity index is 0.000000240. The van der Waals surface area contributed by atoms with Gasteiger partial charge in [-0.05, 0) is 48.9 Å². The standard InChI is InChI=1S/C20H21ClFN3O.C4F6O2/c21-13-1-2-18(17(22)8-13)24-14-7-12-11-26-6-5-25-19-3-4-23-10-16(19)15(9-14)20(12)25;5-3(6,7)1(11)2(12)4(8,9)10/h1-2,7-9,16,19,23-24H,3-6,10-11H2;/t16-,19-;/m0./s1. The molecule has 0 radical (unpaired) electrons. The summed E-state index contributed by atoms with van der Waals surface area (Å²) in [5.41, 5.74) is 5.21. The topological polar surface area (TPSA) is 70.7 Å². The Hall–Kier alpha value is -2.90. The number of anilines is 3. The van der Waals surface area contributed by atoms with Crippen LogP contribution in [0.4, 0.5) is 47.8 Å². The maximum atomic E-state index is 14.2. The van der Waals surface area contributed by atoms with Gasteiger partial charge < -0.3 is 20.3 Å². The number of ether oxygens (including phenoxy) is 1. The lowest BCUT2D eigenvalue weighted by Crippen LogP contribution is -2.44. The molecule has 38 heavy (non-hydrogen) atoms. The second kappa shape index (κ2) is 10.7. The van der Waals surface area contributed by atoms with Crippen molar-refractivity contribution in [2.75, 3.05) is 36.5 Å². The number of hydrogen-bond acceptors (Lipinski definition) is 6. The largest absolute Gasteiger partial charge is 0.458 e. The second-order valence-electron chi connectivity index (χ2n) is 8.89. The third-order valence-electron chi connectivity index (χ3n) is 6.42. The Morgan fingerprint density at radius 3 is 2.37 bits per heavy atom. The maximum Gasteiger partial charge on any atom is 0.458 e. The van der Waals surface area contributed by atoms with Crippen molar-refractivity contribution in [2.24, 2.45) is 0 Å². The van der Waals surface area contributed by atoms with Crippen molar-refractivity contribution in [3.05, 3.63) is 52.3 Å². The van der Waals surface area contributed by atoms with Crippen LogP contribution in [-0.2, 0) is 20.9 Å². The van der Waals surface area contributed by atoms with Gasteiger partial charge in [-0.25, -0.2) is 4.39 Å². The molecule has 0 amide bonds. The van der Waals surface area contributed by atoms with Crippen molar-refractivity contribution in [3.8, 4) is 0 Å². The monoisotopic (exact) mass is 567 g/mol. The van der Waals surface area contributed by atoms with E-state index in [1.54, 1.807) is 12.1 Å². The van der Waals surface area contributed by atoms with Crippen LogP contribution in [0, 0.1) is 5.82 Å². The minimum atomic E-state index is -5.77. The second-order valence-corrected chi connectivity index (χ2v) is 9.33. The van der Waals surface area contributed by atoms with Crippen LogP contribution in [0.15, 0.2) is 30.3 Å². The molecule has 3 aliphatic heterocycles. The average Bonchev–Trinajstić information content (AvgIpc) is 2.99. The van der Waals surface area contributed by atoms with E-state index in [9.17, 15) is 40.3 Å². The van der Waals surface area contributed by atoms with Crippen molar-refractivity contribution < 1.29 is 45.1 Å². The number of carbonyl (C=O) groups excluding carboxylic acids is 2. The first-order valence-electron chi connectivity index (χ1n) is 11.4. The molecule has 14 heteroatoms. The third-order valence-corrected chi connectivity index (χ3v) is 6.65. The van der Waals surface area contributed by atoms with Crippen LogP contribution in [0.25, 0.3) is 0 Å². The molecule has 3 heterocycles. The van der Waals surface area contributed by atoms with Gasteiger partial charge in [-0.1, -0.05) is 11.6 Å². The van der Waals surface area contributed by atoms with Gasteiger partial charge in [0.2, 0.25) is 0 Å². The first-order valence-corrected chi connectivity index (χ1v) is 11.8. The molecule has 0 saturated carbocycles. The molecule has 0 aromatic heterocycles. The highest BCUT2D eigenvalue weighted by atomic mass is 35.5. The quantitative estimate of drug-likeness (QED) is 0.389. The molecule has 2 aromatic rings. The van der Waals surface area contributed by atoms with Crippen molar-refractivity contribution >= 4 is 40.2 Å². The van der Waals surface area contributed by atoms with Gasteiger partial charge in [0.25, 0.3) is 0 Å². The number of carbonyl (C=O) groups is 2. The summed E-state index contributed by atoms with van der Waals surface area (Å²) in [5, 5.41) is 7.16. The van der Waals surface area contributed by atoms with E-state index in [0.29, 0.717) is 29.3 Å². The van der Waals surface area contributed by atoms with Crippen LogP contribution in [0.5, 0.6) is 0 Å². The van der Waals surface area contributed by atoms with Gasteiger partial charge in [0.05, 0.1) is 18.9 Å². The number of alkyl halides is 6. The van der Waals surface area contributed by atoms with E-state index in [-0.39, 0.29) is 5.82 Å². The number of ketones is 2. The molecule has 0 unspecified atom stereocenters. The van der Waals surface area contributed by atoms with Gasteiger partial charge >= 0.3 is 23.9 Å². The van der Waals surface area contributed by atoms with Gasteiger partial charge in [0.15, 0.2) is 0 Å². The predicted octanol–water partition coefficient (Wildman–Crippen LogP) is 5.27. The zero-order valence-corrected chi connectivity index (χ0v) is 20.2. The van der Waals surface area contributed by atoms with E-state index in [1.807, 2.05) is 0 Å². The third kappa shape index (κ3) is 5.89. The fourth-order valence-electron chi connectivity index (χ4n) is 4.86. The molecular formula is C24H21ClF7N3O3. The van der Waals surface area contributed by atoms with Crippen molar-refractivity contribution in [3.63, 3.8) is 0 Å². The van der Waals surface area contributed by atoms with E-state index in [0.717, 1.165) is 38.3 Å². The van der Waals surface area contributed by atoms with E-state index >= 15 is 0 Å². The summed E-state index contributed by atoms with van der Waals surface area (Å²) >= 11 is 5.87. The molecule has 0 spiro atoms. The van der Waals surface area contributed by atoms with Crippen LogP contribution >= 0.6 is 11.6 Å². The minimum Gasteiger partial charge on any atom is -0.375 e. The normalized spacial score (nSPS) is 20.5. The number of nitrogens with zero attached hydrogens (tertiary/aromatic N) is 1. The van der Waals surface area contributed by atoms with E-state index < -0.39 is 23.9 Å². The molecule has 1 saturated heterocycles. The Kier molecular flexibility index (Phi) is 7.91. The number of nitrogens with one attached hydrogen (secondary N) is 2. The Labute approximate surface area is 217 Å². The van der Waals surface area contributed by atoms with Gasteiger partial charge in [0.1, 0.15) is 5.82 Å². The Morgan fingerprint density at radius 2 is 1.74 bits per heavy atom. The minimum absolute atomic E-state index is 0.348. The first kappa shape index (κ1) is 28.1. The molecule has 2 atom stereocenters. The van der Waals surface area contributed by atoms with Gasteiger partial charge in [-0.15, -0.1) is 0 Å². The highest BCUT2D eigenvalue weighted by Gasteiger charge is 2.54. The molecule has 3 aliphatic rings. The molecule has 0 aliphatic carbocycles. The smallest absolute Gasteiger partial charge is 0.375 e. The molecule has 5 rings (SSSR count). The summed E-state index contributed by atoms with van der Waals surface area (Å²) < 4.78 is 87.0. The molecule has 0 bridgehead atoms. The summed E-state index contributed by atoms with van der Waals surface area (Å²) in [6.45, 7) is 4.35. The van der Waals surface area contributed by atoms with Crippen molar-refractivity contribution in [2.45, 2.75) is 37.3 Å². The lowest BCUT2D eigenvalue weighted by atomic mass is 9.89. The predicted molar refractivity (Wildman–Crippen MR) is 124 cm³/mol. The summed E-state index contributed by atoms with van der Waals surface area (Å²) in [6, 6.07) is 9.52. The number of benzene rings is 2. The van der Waals surface area contributed by atoms with Gasteiger partial charge in [-0.3, -0.25) is 9.59 Å². The number of rotatable bonds is 3. The van der Waals surface area contributed by atoms with Crippen LogP contribution in [0.3, 0.4) is 0 Å². The van der Waals surface area contributed by atoms with Crippen LogP contribution in [0.1, 0.15) is 23.5 Å². The number of piperidine rings is 1. The lowest BCUT2D eigenvalue weighted by molar-refractivity contribution is -0.193. The SMILES string of the molecule is Fc1cc(Cl)ccc1Nc1cc2c3c(c1)[C@@H]1CNCC[C@@H]1N3CCOC2.O=C(C(=O)C(F)(F)F)C(F)(F)F. The summed E-state index contributed by atoms with van der Waals surface area (Å²) in [6.07, 6.45) is -10.4. The van der Waals surface area contributed by atoms with Gasteiger partial charge in [-0.2, -0.15) is 26.3 Å². The Bertz CT molecular complexity index is 1210. The summed E-state index contributed by atoms with van der Waals surface area (Å²) in [7, 11) is 0. The van der Waals surface area contributed by atoms with Crippen LogP contribution < -0.4 is 15.5 Å². The lowest BCUT2D eigenvalue weighted by Gasteiger charge is -2.33. The molecule has 6 nitrogen and oxygen atoms in total. The number of fused-ring (bicyclic) bond motifs is 3. The van der Waals surface area contributed by atoms with Crippen LogP contribution in [0.2, 0.25) is 5.02 Å². The zero-order chi connectivity index (χ0) is 27.8. The fraction of sp³-hybridized carbons (Fsp3) is 0.417. The van der Waals surface area contributed by atoms with Gasteiger partial charge in [0, 0.05) is 47.0 Å². The number of hydrogen-bond donors (Lipinski definition) is 2. The highest BCUT2D eigenvalue weighted by molar-refractivity contribution is 6.41. The fourth-order valence-corrected chi connectivity index (χ4v) is 5.02. The van der Waals surface area contributed by atoms with E-state index in [1.165, 1.54) is 22.9 Å². The number of halogens is 8. The van der Waals surface area contributed by atoms with Crippen LogP contribution in [-0.4, -0.2) is 56.2 Å². The maximum absolute atomic E-state index is 14.2. The van der Waals surface area contributed by atoms with Crippen molar-refractivity contribution in [1.82, 2.24) is 5.32 Å². The summed E-state index contributed by atoms with van der Waals surface area (Å²) in [5.74, 6) is -6.68. The van der Waals surface area contributed by atoms with E-state index in [2.05, 4.69) is 27.7 Å². The summed E-state index contributed by atoms with van der Waals surface area (Å²) in [4.78, 5) is 21.8. The highest BCUT2D eigenvalue weighted by Crippen LogP contribution is 2.47. The molecular weight excluding hydrogens is 547 g/mol. The molecule has 2 aromatic carbocycles. The molecule has 206 valence electrons. The number of Topliss-reactive ketones (excluding diaryl/α,β-unsaturated/α-hetero) is 2. The molecule has 1 fully saturated rings. The average molecular weight is 568 g/mol. The van der Waals surface area contributed by atoms with Crippen molar-refractivity contribution in [1.29, 1.82) is 0 Å². The first-order chi connectivity index (χ1) is 17.8. The van der Waals surface area contributed by atoms with E-state index in [4.69, 9.17) is 16.3 Å². The zero-order valence-electron chi connectivity index (χ0n) is 19.5.